The monoisotopic (exact) mass is 239 g/mol. The van der Waals surface area contributed by atoms with Gasteiger partial charge in [0.25, 0.3) is 0 Å². The van der Waals surface area contributed by atoms with Gasteiger partial charge >= 0.3 is 0 Å². The number of fused-ring (bicyclic) bond motifs is 1. The highest BCUT2D eigenvalue weighted by molar-refractivity contribution is 7.16. The van der Waals surface area contributed by atoms with Crippen molar-refractivity contribution in [3.8, 4) is 6.07 Å². The van der Waals surface area contributed by atoms with E-state index in [1.165, 1.54) is 37.0 Å². The highest BCUT2D eigenvalue weighted by Crippen LogP contribution is 2.57. The minimum absolute atomic E-state index is 0.300. The van der Waals surface area contributed by atoms with Crippen molar-refractivity contribution < 1.29 is 0 Å². The van der Waals surface area contributed by atoms with Crippen LogP contribution in [0.25, 0.3) is 0 Å². The Hall–Kier alpha value is -0.790. The molecule has 1 heterocycles. The minimum Gasteiger partial charge on any atom is -0.356 e. The molecule has 2 unspecified atom stereocenters. The molecule has 5 heteroatoms. The Labute approximate surface area is 97.1 Å². The van der Waals surface area contributed by atoms with Crippen molar-refractivity contribution in [3.05, 3.63) is 10.0 Å². The summed E-state index contributed by atoms with van der Waals surface area (Å²) in [6, 6.07) is 2.05. The lowest BCUT2D eigenvalue weighted by Crippen LogP contribution is -2.20. The lowest BCUT2D eigenvalue weighted by atomic mass is 10.2. The zero-order chi connectivity index (χ0) is 10.5. The summed E-state index contributed by atoms with van der Waals surface area (Å²) in [5.74, 6) is 0.825. The maximum atomic E-state index is 8.78. The molecule has 0 aromatic carbocycles. The first-order valence-corrected chi connectivity index (χ1v) is 6.27. The molecule has 2 fully saturated rings. The van der Waals surface area contributed by atoms with Crippen LogP contribution in [0.1, 0.15) is 30.6 Å². The number of halogens is 1. The van der Waals surface area contributed by atoms with E-state index in [2.05, 4.69) is 16.4 Å². The zero-order valence-electron chi connectivity index (χ0n) is 8.09. The van der Waals surface area contributed by atoms with Crippen molar-refractivity contribution in [2.45, 2.75) is 31.2 Å². The Morgan fingerprint density at radius 1 is 1.67 bits per heavy atom. The van der Waals surface area contributed by atoms with E-state index in [0.717, 1.165) is 11.0 Å². The maximum absolute atomic E-state index is 8.78. The first kappa shape index (κ1) is 9.44. The first-order valence-electron chi connectivity index (χ1n) is 5.08. The summed E-state index contributed by atoms with van der Waals surface area (Å²) in [6.07, 6.45) is 5.13. The molecule has 0 spiro atoms. The van der Waals surface area contributed by atoms with Crippen LogP contribution >= 0.6 is 22.9 Å². The molecule has 0 bridgehead atoms. The van der Waals surface area contributed by atoms with Crippen LogP contribution in [0.15, 0.2) is 0 Å². The van der Waals surface area contributed by atoms with E-state index in [-0.39, 0.29) is 0 Å². The van der Waals surface area contributed by atoms with Gasteiger partial charge in [0.05, 0.1) is 0 Å². The van der Waals surface area contributed by atoms with Gasteiger partial charge in [-0.05, 0) is 25.2 Å². The minimum atomic E-state index is 0.300. The molecule has 2 saturated carbocycles. The van der Waals surface area contributed by atoms with E-state index in [1.807, 2.05) is 0 Å². The van der Waals surface area contributed by atoms with Crippen LogP contribution in [0.5, 0.6) is 0 Å². The Balaban J connectivity index is 1.81. The van der Waals surface area contributed by atoms with E-state index in [4.69, 9.17) is 16.9 Å². The van der Waals surface area contributed by atoms with Crippen molar-refractivity contribution in [2.24, 2.45) is 5.92 Å². The van der Waals surface area contributed by atoms with Crippen molar-refractivity contribution in [1.29, 1.82) is 5.26 Å². The Morgan fingerprint density at radius 2 is 2.53 bits per heavy atom. The summed E-state index contributed by atoms with van der Waals surface area (Å²) in [4.78, 5) is 4.67. The first-order chi connectivity index (χ1) is 7.23. The summed E-state index contributed by atoms with van der Waals surface area (Å²) in [6.45, 7) is 0. The van der Waals surface area contributed by atoms with Crippen LogP contribution in [0.3, 0.4) is 0 Å². The maximum Gasteiger partial charge on any atom is 0.185 e. The Kier molecular flexibility index (Phi) is 1.95. The van der Waals surface area contributed by atoms with Crippen molar-refractivity contribution in [3.63, 3.8) is 0 Å². The smallest absolute Gasteiger partial charge is 0.185 e. The number of nitrogens with one attached hydrogen (secondary N) is 1. The predicted octanol–water partition coefficient (Wildman–Crippen LogP) is 3.02. The topological polar surface area (TPSA) is 48.7 Å². The van der Waals surface area contributed by atoms with Crippen molar-refractivity contribution >= 4 is 28.1 Å². The van der Waals surface area contributed by atoms with Gasteiger partial charge in [-0.25, -0.2) is 4.98 Å². The molecule has 0 radical (unpaired) electrons. The molecule has 2 aliphatic rings. The Bertz CT molecular complexity index is 450. The molecule has 2 atom stereocenters. The van der Waals surface area contributed by atoms with Gasteiger partial charge in [-0.1, -0.05) is 29.4 Å². The summed E-state index contributed by atoms with van der Waals surface area (Å²) >= 11 is 7.18. The number of aromatic nitrogens is 1. The molecule has 1 aromatic rings. The van der Waals surface area contributed by atoms with Gasteiger partial charge < -0.3 is 5.32 Å². The number of thiazole rings is 1. The number of hydrogen-bond acceptors (Lipinski definition) is 4. The van der Waals surface area contributed by atoms with Crippen molar-refractivity contribution in [1.82, 2.24) is 4.98 Å². The lowest BCUT2D eigenvalue weighted by Gasteiger charge is -2.12. The van der Waals surface area contributed by atoms with Gasteiger partial charge in [-0.3, -0.25) is 0 Å². The normalized spacial score (nSPS) is 32.1. The molecule has 1 aromatic heterocycles. The molecular formula is C10H10ClN3S. The van der Waals surface area contributed by atoms with E-state index >= 15 is 0 Å². The molecule has 0 amide bonds. The molecular weight excluding hydrogens is 230 g/mol. The van der Waals surface area contributed by atoms with Gasteiger partial charge in [-0.2, -0.15) is 5.26 Å². The largest absolute Gasteiger partial charge is 0.356 e. The molecule has 3 rings (SSSR count). The average Bonchev–Trinajstić information content (AvgIpc) is 2.57. The molecule has 1 N–H and O–H groups in total. The van der Waals surface area contributed by atoms with Gasteiger partial charge in [-0.15, -0.1) is 0 Å². The zero-order valence-corrected chi connectivity index (χ0v) is 9.66. The fraction of sp³-hybridized carbons (Fsp3) is 0.600. The number of rotatable bonds is 2. The summed E-state index contributed by atoms with van der Waals surface area (Å²) in [5.41, 5.74) is 0.300. The van der Waals surface area contributed by atoms with Crippen LogP contribution in [0.2, 0.25) is 5.15 Å². The third-order valence-electron chi connectivity index (χ3n) is 3.45. The second-order valence-electron chi connectivity index (χ2n) is 4.33. The highest BCUT2D eigenvalue weighted by atomic mass is 35.5. The van der Waals surface area contributed by atoms with E-state index in [9.17, 15) is 0 Å². The van der Waals surface area contributed by atoms with E-state index < -0.39 is 0 Å². The molecule has 78 valence electrons. The second kappa shape index (κ2) is 3.10. The fourth-order valence-electron chi connectivity index (χ4n) is 2.58. The van der Waals surface area contributed by atoms with Crippen LogP contribution in [-0.2, 0) is 0 Å². The third kappa shape index (κ3) is 1.42. The van der Waals surface area contributed by atoms with Gasteiger partial charge in [0.2, 0.25) is 0 Å². The van der Waals surface area contributed by atoms with Gasteiger partial charge in [0, 0.05) is 5.54 Å². The van der Waals surface area contributed by atoms with Gasteiger partial charge in [0.15, 0.2) is 10.3 Å². The molecule has 3 nitrogen and oxygen atoms in total. The lowest BCUT2D eigenvalue weighted by molar-refractivity contribution is 0.689. The predicted molar refractivity (Wildman–Crippen MR) is 60.2 cm³/mol. The standard InChI is InChI=1S/C10H10ClN3S/c11-8-7(5-12)15-9(13-8)14-10-3-1-2-6(10)4-10/h6H,1-4H2,(H,13,14). The number of anilines is 1. The SMILES string of the molecule is N#Cc1sc(NC23CCCC2C3)nc1Cl. The van der Waals surface area contributed by atoms with Crippen LogP contribution in [0, 0.1) is 17.2 Å². The Morgan fingerprint density at radius 3 is 3.07 bits per heavy atom. The summed E-state index contributed by atoms with van der Waals surface area (Å²) in [7, 11) is 0. The van der Waals surface area contributed by atoms with E-state index in [1.54, 1.807) is 0 Å². The quantitative estimate of drug-likeness (QED) is 0.863. The number of nitriles is 1. The molecule has 15 heavy (non-hydrogen) atoms. The van der Waals surface area contributed by atoms with E-state index in [0.29, 0.717) is 15.6 Å². The highest BCUT2D eigenvalue weighted by Gasteiger charge is 2.57. The molecule has 2 aliphatic carbocycles. The molecule has 0 aliphatic heterocycles. The summed E-state index contributed by atoms with van der Waals surface area (Å²) < 4.78 is 0. The van der Waals surface area contributed by atoms with Crippen LogP contribution in [-0.4, -0.2) is 10.5 Å². The molecule has 0 saturated heterocycles. The third-order valence-corrected chi connectivity index (χ3v) is 4.71. The number of nitrogens with zero attached hydrogens (tertiary/aromatic N) is 2. The average molecular weight is 240 g/mol. The van der Waals surface area contributed by atoms with Crippen LogP contribution < -0.4 is 5.32 Å². The second-order valence-corrected chi connectivity index (χ2v) is 5.68. The van der Waals surface area contributed by atoms with Gasteiger partial charge in [0.1, 0.15) is 10.9 Å². The summed E-state index contributed by atoms with van der Waals surface area (Å²) in [5, 5.41) is 13.4. The van der Waals surface area contributed by atoms with Crippen molar-refractivity contribution in [2.75, 3.05) is 5.32 Å². The van der Waals surface area contributed by atoms with Crippen LogP contribution in [0.4, 0.5) is 5.13 Å². The fourth-order valence-corrected chi connectivity index (χ4v) is 3.63. The number of hydrogen-bond donors (Lipinski definition) is 1.